The second-order valence-corrected chi connectivity index (χ2v) is 5.70. The van der Waals surface area contributed by atoms with Crippen LogP contribution in [0.1, 0.15) is 6.42 Å². The van der Waals surface area contributed by atoms with Crippen molar-refractivity contribution >= 4 is 44.9 Å². The predicted molar refractivity (Wildman–Crippen MR) is 81.7 cm³/mol. The van der Waals surface area contributed by atoms with Gasteiger partial charge in [-0.15, -0.1) is 0 Å². The molecule has 94 valence electrons. The molecule has 0 radical (unpaired) electrons. The van der Waals surface area contributed by atoms with E-state index < -0.39 is 0 Å². The number of nitrogens with one attached hydrogen (secondary N) is 1. The largest absolute Gasteiger partial charge is 0.396 e. The lowest BCUT2D eigenvalue weighted by Gasteiger charge is -2.16. The highest BCUT2D eigenvalue weighted by Crippen LogP contribution is 2.30. The smallest absolute Gasteiger partial charge is 0.0743 e. The number of nitrogens with two attached hydrogens (primary N) is 1. The first-order valence-electron chi connectivity index (χ1n) is 5.92. The Morgan fingerprint density at radius 1 is 1.44 bits per heavy atom. The van der Waals surface area contributed by atoms with Crippen molar-refractivity contribution in [3.63, 3.8) is 0 Å². The number of pyridine rings is 1. The molecule has 5 heteroatoms. The molecule has 0 amide bonds. The first-order chi connectivity index (χ1) is 8.74. The SMILES string of the molecule is Nc1cnc2ccc(I)cc2c1NC1CCOC1. The van der Waals surface area contributed by atoms with E-state index in [0.717, 1.165) is 36.2 Å². The minimum Gasteiger partial charge on any atom is -0.396 e. The fourth-order valence-electron chi connectivity index (χ4n) is 2.19. The second kappa shape index (κ2) is 4.89. The van der Waals surface area contributed by atoms with Crippen LogP contribution in [0.4, 0.5) is 11.4 Å². The minimum absolute atomic E-state index is 0.343. The highest BCUT2D eigenvalue weighted by molar-refractivity contribution is 14.1. The molecule has 2 aromatic rings. The number of rotatable bonds is 2. The van der Waals surface area contributed by atoms with Crippen LogP contribution < -0.4 is 11.1 Å². The van der Waals surface area contributed by atoms with Gasteiger partial charge in [-0.1, -0.05) is 0 Å². The molecular weight excluding hydrogens is 341 g/mol. The van der Waals surface area contributed by atoms with Gasteiger partial charge in [-0.2, -0.15) is 0 Å². The Bertz CT molecular complexity index is 576. The van der Waals surface area contributed by atoms with Crippen LogP contribution in [0, 0.1) is 3.57 Å². The number of hydrogen-bond donors (Lipinski definition) is 2. The molecule has 1 unspecified atom stereocenters. The van der Waals surface area contributed by atoms with Crippen LogP contribution in [0.25, 0.3) is 10.9 Å². The molecule has 0 saturated carbocycles. The van der Waals surface area contributed by atoms with Crippen molar-refractivity contribution in [2.24, 2.45) is 0 Å². The fraction of sp³-hybridized carbons (Fsp3) is 0.308. The summed E-state index contributed by atoms with van der Waals surface area (Å²) < 4.78 is 6.56. The topological polar surface area (TPSA) is 60.2 Å². The van der Waals surface area contributed by atoms with Crippen LogP contribution >= 0.6 is 22.6 Å². The third-order valence-corrected chi connectivity index (χ3v) is 3.81. The van der Waals surface area contributed by atoms with E-state index in [9.17, 15) is 0 Å². The van der Waals surface area contributed by atoms with Crippen LogP contribution in [-0.2, 0) is 4.74 Å². The average molecular weight is 355 g/mol. The highest BCUT2D eigenvalue weighted by atomic mass is 127. The molecule has 0 aliphatic carbocycles. The Balaban J connectivity index is 2.07. The van der Waals surface area contributed by atoms with Crippen LogP contribution in [-0.4, -0.2) is 24.2 Å². The summed E-state index contributed by atoms with van der Waals surface area (Å²) in [6.07, 6.45) is 2.74. The number of benzene rings is 1. The molecule has 3 N–H and O–H groups in total. The lowest BCUT2D eigenvalue weighted by molar-refractivity contribution is 0.195. The van der Waals surface area contributed by atoms with Crippen molar-refractivity contribution in [2.75, 3.05) is 24.3 Å². The third kappa shape index (κ3) is 2.24. The summed E-state index contributed by atoms with van der Waals surface area (Å²) in [5.41, 5.74) is 8.68. The molecule has 1 fully saturated rings. The summed E-state index contributed by atoms with van der Waals surface area (Å²) in [5, 5.41) is 4.56. The zero-order valence-corrected chi connectivity index (χ0v) is 12.0. The lowest BCUT2D eigenvalue weighted by atomic mass is 10.1. The van der Waals surface area contributed by atoms with Crippen molar-refractivity contribution in [1.82, 2.24) is 4.98 Å². The van der Waals surface area contributed by atoms with Gasteiger partial charge in [-0.3, -0.25) is 4.98 Å². The van der Waals surface area contributed by atoms with Crippen molar-refractivity contribution in [3.05, 3.63) is 28.0 Å². The Kier molecular flexibility index (Phi) is 3.25. The molecule has 1 aliphatic rings. The summed E-state index contributed by atoms with van der Waals surface area (Å²) in [4.78, 5) is 4.36. The maximum Gasteiger partial charge on any atom is 0.0743 e. The van der Waals surface area contributed by atoms with Gasteiger partial charge in [0.2, 0.25) is 0 Å². The zero-order valence-electron chi connectivity index (χ0n) is 9.82. The number of nitrogens with zero attached hydrogens (tertiary/aromatic N) is 1. The van der Waals surface area contributed by atoms with E-state index in [1.165, 1.54) is 3.57 Å². The highest BCUT2D eigenvalue weighted by Gasteiger charge is 2.17. The quantitative estimate of drug-likeness (QED) is 0.814. The maximum absolute atomic E-state index is 6.05. The number of hydrogen-bond acceptors (Lipinski definition) is 4. The van der Waals surface area contributed by atoms with E-state index in [0.29, 0.717) is 11.7 Å². The summed E-state index contributed by atoms with van der Waals surface area (Å²) >= 11 is 2.30. The third-order valence-electron chi connectivity index (χ3n) is 3.14. The lowest BCUT2D eigenvalue weighted by Crippen LogP contribution is -2.20. The summed E-state index contributed by atoms with van der Waals surface area (Å²) in [6, 6.07) is 6.52. The minimum atomic E-state index is 0.343. The molecule has 4 nitrogen and oxygen atoms in total. The van der Waals surface area contributed by atoms with E-state index in [1.54, 1.807) is 6.20 Å². The van der Waals surface area contributed by atoms with Crippen LogP contribution in [0.3, 0.4) is 0 Å². The number of anilines is 2. The van der Waals surface area contributed by atoms with Gasteiger partial charge in [-0.05, 0) is 47.2 Å². The fourth-order valence-corrected chi connectivity index (χ4v) is 2.68. The predicted octanol–water partition coefficient (Wildman–Crippen LogP) is 2.62. The average Bonchev–Trinajstić information content (AvgIpc) is 2.86. The van der Waals surface area contributed by atoms with Crippen molar-refractivity contribution in [1.29, 1.82) is 0 Å². The molecule has 1 aromatic carbocycles. The monoisotopic (exact) mass is 355 g/mol. The Labute approximate surface area is 119 Å². The van der Waals surface area contributed by atoms with Gasteiger partial charge in [0.15, 0.2) is 0 Å². The van der Waals surface area contributed by atoms with Gasteiger partial charge in [0.05, 0.1) is 35.7 Å². The number of aromatic nitrogens is 1. The van der Waals surface area contributed by atoms with E-state index in [4.69, 9.17) is 10.5 Å². The van der Waals surface area contributed by atoms with E-state index >= 15 is 0 Å². The number of halogens is 1. The molecular formula is C13H14IN3O. The molecule has 1 aromatic heterocycles. The summed E-state index contributed by atoms with van der Waals surface area (Å²) in [7, 11) is 0. The second-order valence-electron chi connectivity index (χ2n) is 4.45. The van der Waals surface area contributed by atoms with Gasteiger partial charge in [0, 0.05) is 15.6 Å². The Morgan fingerprint density at radius 2 is 2.33 bits per heavy atom. The van der Waals surface area contributed by atoms with E-state index in [1.807, 2.05) is 6.07 Å². The van der Waals surface area contributed by atoms with E-state index in [-0.39, 0.29) is 0 Å². The number of nitrogen functional groups attached to an aromatic ring is 1. The molecule has 18 heavy (non-hydrogen) atoms. The maximum atomic E-state index is 6.05. The molecule has 1 atom stereocenters. The van der Waals surface area contributed by atoms with Crippen LogP contribution in [0.15, 0.2) is 24.4 Å². The normalized spacial score (nSPS) is 19.3. The van der Waals surface area contributed by atoms with Gasteiger partial charge >= 0.3 is 0 Å². The summed E-state index contributed by atoms with van der Waals surface area (Å²) in [6.45, 7) is 1.56. The first-order valence-corrected chi connectivity index (χ1v) is 7.00. The molecule has 0 spiro atoms. The number of fused-ring (bicyclic) bond motifs is 1. The van der Waals surface area contributed by atoms with Crippen molar-refractivity contribution in [3.8, 4) is 0 Å². The van der Waals surface area contributed by atoms with Crippen LogP contribution in [0.5, 0.6) is 0 Å². The molecule has 3 rings (SSSR count). The first kappa shape index (κ1) is 12.0. The van der Waals surface area contributed by atoms with Crippen molar-refractivity contribution in [2.45, 2.75) is 12.5 Å². The van der Waals surface area contributed by atoms with Crippen molar-refractivity contribution < 1.29 is 4.74 Å². The molecule has 1 aliphatic heterocycles. The van der Waals surface area contributed by atoms with E-state index in [2.05, 4.69) is 45.0 Å². The Hall–Kier alpha value is -1.08. The molecule has 2 heterocycles. The van der Waals surface area contributed by atoms with Crippen LogP contribution in [0.2, 0.25) is 0 Å². The van der Waals surface area contributed by atoms with Gasteiger partial charge < -0.3 is 15.8 Å². The number of ether oxygens (including phenoxy) is 1. The zero-order chi connectivity index (χ0) is 12.5. The van der Waals surface area contributed by atoms with Gasteiger partial charge in [-0.25, -0.2) is 0 Å². The van der Waals surface area contributed by atoms with Gasteiger partial charge in [0.1, 0.15) is 0 Å². The Morgan fingerprint density at radius 3 is 3.11 bits per heavy atom. The molecule has 1 saturated heterocycles. The molecule has 0 bridgehead atoms. The van der Waals surface area contributed by atoms with Gasteiger partial charge in [0.25, 0.3) is 0 Å². The standard InChI is InChI=1S/C13H14IN3O/c14-8-1-2-12-10(5-8)13(11(15)6-16-12)17-9-3-4-18-7-9/h1-2,5-6,9H,3-4,7,15H2,(H,16,17). The summed E-state index contributed by atoms with van der Waals surface area (Å²) in [5.74, 6) is 0.